The van der Waals surface area contributed by atoms with E-state index in [1.165, 1.54) is 5.56 Å². The molecule has 25 heavy (non-hydrogen) atoms. The lowest BCUT2D eigenvalue weighted by Gasteiger charge is -2.12. The Hall–Kier alpha value is -2.82. The summed E-state index contributed by atoms with van der Waals surface area (Å²) in [5, 5.41) is 5.68. The maximum Gasteiger partial charge on any atom is 0.262 e. The van der Waals surface area contributed by atoms with Crippen molar-refractivity contribution in [2.24, 2.45) is 0 Å². The summed E-state index contributed by atoms with van der Waals surface area (Å²) >= 11 is 0. The first-order valence-corrected chi connectivity index (χ1v) is 8.57. The van der Waals surface area contributed by atoms with Gasteiger partial charge < -0.3 is 15.4 Å². The summed E-state index contributed by atoms with van der Waals surface area (Å²) in [5.74, 6) is 0.188. The average Bonchev–Trinajstić information content (AvgIpc) is 3.45. The van der Waals surface area contributed by atoms with Crippen LogP contribution >= 0.6 is 0 Å². The number of aryl methyl sites for hydroxylation is 1. The first-order chi connectivity index (χ1) is 12.2. The van der Waals surface area contributed by atoms with Crippen LogP contribution in [0.3, 0.4) is 0 Å². The zero-order valence-corrected chi connectivity index (χ0v) is 14.2. The number of hydrogen-bond donors (Lipinski definition) is 2. The lowest BCUT2D eigenvalue weighted by Crippen LogP contribution is -2.27. The summed E-state index contributed by atoms with van der Waals surface area (Å²) in [7, 11) is 0. The second kappa shape index (κ2) is 7.83. The number of para-hydroxylation sites is 1. The summed E-state index contributed by atoms with van der Waals surface area (Å²) in [6.07, 6.45) is 3.00. The molecule has 0 aliphatic heterocycles. The molecule has 0 heterocycles. The second-order valence-electron chi connectivity index (χ2n) is 6.13. The van der Waals surface area contributed by atoms with Gasteiger partial charge in [-0.1, -0.05) is 31.2 Å². The fourth-order valence-corrected chi connectivity index (χ4v) is 2.44. The van der Waals surface area contributed by atoms with Gasteiger partial charge in [0.2, 0.25) is 0 Å². The summed E-state index contributed by atoms with van der Waals surface area (Å²) in [6.45, 7) is 1.98. The number of carbonyl (C=O) groups excluding carboxylic acids is 2. The third-order valence-electron chi connectivity index (χ3n) is 4.06. The van der Waals surface area contributed by atoms with Crippen molar-refractivity contribution in [3.05, 3.63) is 59.7 Å². The molecule has 2 aromatic carbocycles. The van der Waals surface area contributed by atoms with Crippen molar-refractivity contribution < 1.29 is 14.3 Å². The Balaban J connectivity index is 1.57. The summed E-state index contributed by atoms with van der Waals surface area (Å²) in [4.78, 5) is 24.4. The molecule has 1 aliphatic rings. The molecule has 0 spiro atoms. The minimum absolute atomic E-state index is 0.107. The van der Waals surface area contributed by atoms with Crippen LogP contribution in [0.25, 0.3) is 0 Å². The molecule has 1 saturated carbocycles. The van der Waals surface area contributed by atoms with E-state index < -0.39 is 0 Å². The van der Waals surface area contributed by atoms with Crippen LogP contribution < -0.4 is 15.4 Å². The van der Waals surface area contributed by atoms with Gasteiger partial charge in [0.25, 0.3) is 11.8 Å². The summed E-state index contributed by atoms with van der Waals surface area (Å²) in [5.41, 5.74) is 2.18. The molecule has 3 rings (SSSR count). The number of benzene rings is 2. The van der Waals surface area contributed by atoms with Crippen molar-refractivity contribution in [1.82, 2.24) is 5.32 Å². The van der Waals surface area contributed by atoms with Gasteiger partial charge in [-0.15, -0.1) is 0 Å². The quantitative estimate of drug-likeness (QED) is 0.815. The highest BCUT2D eigenvalue weighted by atomic mass is 16.5. The highest BCUT2D eigenvalue weighted by Gasteiger charge is 2.25. The van der Waals surface area contributed by atoms with Crippen LogP contribution in [-0.4, -0.2) is 24.5 Å². The number of rotatable bonds is 7. The number of anilines is 1. The van der Waals surface area contributed by atoms with Crippen molar-refractivity contribution in [2.45, 2.75) is 32.2 Å². The van der Waals surface area contributed by atoms with Gasteiger partial charge >= 0.3 is 0 Å². The van der Waals surface area contributed by atoms with Crippen molar-refractivity contribution >= 4 is 17.5 Å². The monoisotopic (exact) mass is 338 g/mol. The van der Waals surface area contributed by atoms with Crippen LogP contribution in [0.15, 0.2) is 48.5 Å². The molecule has 1 aliphatic carbocycles. The molecule has 0 radical (unpaired) electrons. The van der Waals surface area contributed by atoms with Gasteiger partial charge in [0.05, 0.1) is 11.3 Å². The van der Waals surface area contributed by atoms with Gasteiger partial charge in [-0.2, -0.15) is 0 Å². The van der Waals surface area contributed by atoms with Crippen molar-refractivity contribution in [2.75, 3.05) is 11.9 Å². The number of ether oxygens (including phenoxy) is 1. The lowest BCUT2D eigenvalue weighted by atomic mass is 10.1. The smallest absolute Gasteiger partial charge is 0.262 e. The van der Waals surface area contributed by atoms with E-state index in [1.807, 2.05) is 24.3 Å². The van der Waals surface area contributed by atoms with Gasteiger partial charge in [-0.3, -0.25) is 9.59 Å². The van der Waals surface area contributed by atoms with E-state index in [0.29, 0.717) is 17.0 Å². The van der Waals surface area contributed by atoms with Gasteiger partial charge in [0.15, 0.2) is 6.61 Å². The van der Waals surface area contributed by atoms with E-state index in [9.17, 15) is 9.59 Å². The number of hydrogen-bond acceptors (Lipinski definition) is 3. The molecule has 5 nitrogen and oxygen atoms in total. The van der Waals surface area contributed by atoms with Crippen LogP contribution in [0.5, 0.6) is 5.75 Å². The fraction of sp³-hybridized carbons (Fsp3) is 0.300. The molecule has 0 unspecified atom stereocenters. The zero-order chi connectivity index (χ0) is 17.6. The largest absolute Gasteiger partial charge is 0.484 e. The molecule has 130 valence electrons. The Morgan fingerprint density at radius 2 is 1.80 bits per heavy atom. The molecular weight excluding hydrogens is 316 g/mol. The third-order valence-corrected chi connectivity index (χ3v) is 4.06. The third kappa shape index (κ3) is 4.83. The first kappa shape index (κ1) is 17.0. The predicted octanol–water partition coefficient (Wildman–Crippen LogP) is 3.16. The molecule has 0 bridgehead atoms. The van der Waals surface area contributed by atoms with Gasteiger partial charge in [0, 0.05) is 6.04 Å². The zero-order valence-electron chi connectivity index (χ0n) is 14.2. The van der Waals surface area contributed by atoms with Gasteiger partial charge in [-0.05, 0) is 49.1 Å². The Bertz CT molecular complexity index is 752. The molecule has 2 aromatic rings. The highest BCUT2D eigenvalue weighted by Crippen LogP contribution is 2.21. The summed E-state index contributed by atoms with van der Waals surface area (Å²) < 4.78 is 5.50. The topological polar surface area (TPSA) is 67.4 Å². The van der Waals surface area contributed by atoms with Crippen molar-refractivity contribution in [3.8, 4) is 5.75 Å². The van der Waals surface area contributed by atoms with E-state index in [2.05, 4.69) is 17.6 Å². The second-order valence-corrected chi connectivity index (χ2v) is 6.13. The number of carbonyl (C=O) groups is 2. The first-order valence-electron chi connectivity index (χ1n) is 8.57. The maximum atomic E-state index is 12.2. The predicted molar refractivity (Wildman–Crippen MR) is 96.9 cm³/mol. The van der Waals surface area contributed by atoms with E-state index in [1.54, 1.807) is 24.3 Å². The maximum absolute atomic E-state index is 12.2. The molecule has 0 saturated heterocycles. The SMILES string of the molecule is CCc1ccc(OCC(=O)Nc2ccccc2C(=O)NC2CC2)cc1. The van der Waals surface area contributed by atoms with Crippen molar-refractivity contribution in [3.63, 3.8) is 0 Å². The lowest BCUT2D eigenvalue weighted by molar-refractivity contribution is -0.118. The van der Waals surface area contributed by atoms with E-state index in [4.69, 9.17) is 4.74 Å². The molecule has 2 amide bonds. The van der Waals surface area contributed by atoms with Crippen molar-refractivity contribution in [1.29, 1.82) is 0 Å². The van der Waals surface area contributed by atoms with Gasteiger partial charge in [-0.25, -0.2) is 0 Å². The Kier molecular flexibility index (Phi) is 5.33. The summed E-state index contributed by atoms with van der Waals surface area (Å²) in [6, 6.07) is 14.9. The van der Waals surface area contributed by atoms with Crippen LogP contribution in [0, 0.1) is 0 Å². The van der Waals surface area contributed by atoms with Crippen LogP contribution in [0.1, 0.15) is 35.7 Å². The Labute approximate surface area is 147 Å². The molecular formula is C20H22N2O3. The van der Waals surface area contributed by atoms with Crippen LogP contribution in [0.4, 0.5) is 5.69 Å². The normalized spacial score (nSPS) is 13.2. The van der Waals surface area contributed by atoms with Crippen LogP contribution in [0.2, 0.25) is 0 Å². The van der Waals surface area contributed by atoms with E-state index in [0.717, 1.165) is 19.3 Å². The highest BCUT2D eigenvalue weighted by molar-refractivity contribution is 6.04. The van der Waals surface area contributed by atoms with E-state index in [-0.39, 0.29) is 24.5 Å². The number of nitrogens with one attached hydrogen (secondary N) is 2. The fourth-order valence-electron chi connectivity index (χ4n) is 2.44. The Morgan fingerprint density at radius 3 is 2.48 bits per heavy atom. The average molecular weight is 338 g/mol. The van der Waals surface area contributed by atoms with Gasteiger partial charge in [0.1, 0.15) is 5.75 Å². The molecule has 0 atom stereocenters. The number of amides is 2. The molecule has 5 heteroatoms. The minimum atomic E-state index is -0.300. The molecule has 0 aromatic heterocycles. The van der Waals surface area contributed by atoms with E-state index >= 15 is 0 Å². The molecule has 1 fully saturated rings. The molecule has 2 N–H and O–H groups in total. The minimum Gasteiger partial charge on any atom is -0.484 e. The standard InChI is InChI=1S/C20H22N2O3/c1-2-14-7-11-16(12-8-14)25-13-19(23)22-18-6-4-3-5-17(18)20(24)21-15-9-10-15/h3-8,11-12,15H,2,9-10,13H2,1H3,(H,21,24)(H,22,23). The Morgan fingerprint density at radius 1 is 1.08 bits per heavy atom. The van der Waals surface area contributed by atoms with Crippen LogP contribution in [-0.2, 0) is 11.2 Å².